The fraction of sp³-hybridized carbons (Fsp3) is 0.462. The number of rotatable bonds is 5. The van der Waals surface area contributed by atoms with Crippen molar-refractivity contribution in [2.45, 2.75) is 39.7 Å². The quantitative estimate of drug-likeness (QED) is 0.779. The van der Waals surface area contributed by atoms with Crippen molar-refractivity contribution in [3.05, 3.63) is 70.0 Å². The number of carbonyl (C=O) groups is 2. The molecule has 2 aliphatic heterocycles. The molecule has 2 aliphatic rings. The third kappa shape index (κ3) is 5.18. The molecule has 0 spiro atoms. The summed E-state index contributed by atoms with van der Waals surface area (Å²) in [5.41, 5.74) is 5.71. The van der Waals surface area contributed by atoms with E-state index < -0.39 is 0 Å². The number of nitrogens with one attached hydrogen (secondary N) is 1. The summed E-state index contributed by atoms with van der Waals surface area (Å²) in [6, 6.07) is 10.1. The van der Waals surface area contributed by atoms with E-state index in [4.69, 9.17) is 0 Å². The van der Waals surface area contributed by atoms with Crippen LogP contribution >= 0.6 is 0 Å². The van der Waals surface area contributed by atoms with E-state index in [-0.39, 0.29) is 23.5 Å². The molecule has 170 valence electrons. The van der Waals surface area contributed by atoms with Gasteiger partial charge in [0.15, 0.2) is 0 Å². The van der Waals surface area contributed by atoms with E-state index in [9.17, 15) is 14.0 Å². The Hall–Kier alpha value is -2.73. The molecular weight excluding hydrogens is 405 g/mol. The molecule has 32 heavy (non-hydrogen) atoms. The zero-order valence-corrected chi connectivity index (χ0v) is 19.0. The Kier molecular flexibility index (Phi) is 6.89. The van der Waals surface area contributed by atoms with Crippen LogP contribution in [0.15, 0.2) is 36.4 Å². The van der Waals surface area contributed by atoms with Gasteiger partial charge in [0.05, 0.1) is 5.92 Å². The van der Waals surface area contributed by atoms with Crippen LogP contribution in [0.5, 0.6) is 0 Å². The molecule has 0 aromatic heterocycles. The third-order valence-corrected chi connectivity index (χ3v) is 6.81. The lowest BCUT2D eigenvalue weighted by atomic mass is 9.92. The first-order chi connectivity index (χ1) is 15.4. The highest BCUT2D eigenvalue weighted by atomic mass is 19.1. The average molecular weight is 438 g/mol. The minimum Gasteiger partial charge on any atom is -0.351 e. The zero-order chi connectivity index (χ0) is 22.7. The number of hydrogen-bond donors (Lipinski definition) is 1. The fourth-order valence-corrected chi connectivity index (χ4v) is 4.79. The molecule has 0 radical (unpaired) electrons. The molecular formula is C26H32FN3O2. The first kappa shape index (κ1) is 22.5. The molecule has 0 aliphatic carbocycles. The van der Waals surface area contributed by atoms with Gasteiger partial charge in [0.2, 0.25) is 5.91 Å². The van der Waals surface area contributed by atoms with E-state index in [1.165, 1.54) is 46.5 Å². The molecule has 4 rings (SSSR count). The highest BCUT2D eigenvalue weighted by Gasteiger charge is 2.31. The van der Waals surface area contributed by atoms with Gasteiger partial charge in [-0.25, -0.2) is 4.39 Å². The normalized spacial score (nSPS) is 18.8. The number of halogens is 1. The van der Waals surface area contributed by atoms with E-state index in [1.807, 2.05) is 4.90 Å². The highest BCUT2D eigenvalue weighted by Crippen LogP contribution is 2.26. The summed E-state index contributed by atoms with van der Waals surface area (Å²) in [6.07, 6.45) is 2.84. The maximum absolute atomic E-state index is 13.3. The lowest BCUT2D eigenvalue weighted by Crippen LogP contribution is -2.47. The minimum absolute atomic E-state index is 0.0182. The summed E-state index contributed by atoms with van der Waals surface area (Å²) in [5.74, 6) is -0.279. The summed E-state index contributed by atoms with van der Waals surface area (Å²) in [7, 11) is 0. The molecule has 1 N–H and O–H groups in total. The van der Waals surface area contributed by atoms with Crippen LogP contribution in [0.2, 0.25) is 0 Å². The van der Waals surface area contributed by atoms with Gasteiger partial charge in [-0.15, -0.1) is 0 Å². The standard InChI is InChI=1S/C26H32FN3O2/c1-18-14-21-9-12-30(17-23(21)15-19(18)2)26(32)22-4-3-11-29(16-22)13-10-28-25(31)20-5-7-24(27)8-6-20/h5-8,14-15,22H,3-4,9-13,16-17H2,1-2H3,(H,28,31). The maximum Gasteiger partial charge on any atom is 0.251 e. The second-order valence-electron chi connectivity index (χ2n) is 9.12. The SMILES string of the molecule is Cc1cc2c(cc1C)CN(C(=O)C1CCCN(CCNC(=O)c3ccc(F)cc3)C1)CC2. The largest absolute Gasteiger partial charge is 0.351 e. The smallest absolute Gasteiger partial charge is 0.251 e. The Balaban J connectivity index is 1.28. The monoisotopic (exact) mass is 437 g/mol. The molecule has 2 heterocycles. The van der Waals surface area contributed by atoms with Gasteiger partial charge in [-0.2, -0.15) is 0 Å². The number of fused-ring (bicyclic) bond motifs is 1. The third-order valence-electron chi connectivity index (χ3n) is 6.81. The van der Waals surface area contributed by atoms with Crippen LogP contribution < -0.4 is 5.32 Å². The van der Waals surface area contributed by atoms with Crippen LogP contribution in [0.1, 0.15) is 45.5 Å². The highest BCUT2D eigenvalue weighted by molar-refractivity contribution is 5.94. The van der Waals surface area contributed by atoms with Gasteiger partial charge in [0.1, 0.15) is 5.82 Å². The Labute approximate surface area is 189 Å². The van der Waals surface area contributed by atoms with E-state index in [2.05, 4.69) is 36.2 Å². The second kappa shape index (κ2) is 9.82. The first-order valence-corrected chi connectivity index (χ1v) is 11.5. The van der Waals surface area contributed by atoms with Crippen LogP contribution in [-0.4, -0.2) is 54.3 Å². The zero-order valence-electron chi connectivity index (χ0n) is 19.0. The van der Waals surface area contributed by atoms with Crippen LogP contribution in [0.3, 0.4) is 0 Å². The lowest BCUT2D eigenvalue weighted by molar-refractivity contribution is -0.138. The van der Waals surface area contributed by atoms with Crippen LogP contribution in [0.4, 0.5) is 4.39 Å². The van der Waals surface area contributed by atoms with Gasteiger partial charge in [0, 0.05) is 38.3 Å². The Morgan fingerprint density at radius 2 is 1.78 bits per heavy atom. The molecule has 1 unspecified atom stereocenters. The molecule has 0 saturated carbocycles. The van der Waals surface area contributed by atoms with E-state index in [0.717, 1.165) is 38.9 Å². The number of carbonyl (C=O) groups excluding carboxylic acids is 2. The number of benzene rings is 2. The van der Waals surface area contributed by atoms with Crippen LogP contribution in [0.25, 0.3) is 0 Å². The molecule has 0 bridgehead atoms. The van der Waals surface area contributed by atoms with Crippen molar-refractivity contribution >= 4 is 11.8 Å². The van der Waals surface area contributed by atoms with Gasteiger partial charge >= 0.3 is 0 Å². The van der Waals surface area contributed by atoms with Crippen molar-refractivity contribution in [3.63, 3.8) is 0 Å². The number of aryl methyl sites for hydroxylation is 2. The van der Waals surface area contributed by atoms with Crippen molar-refractivity contribution in [2.24, 2.45) is 5.92 Å². The van der Waals surface area contributed by atoms with Gasteiger partial charge in [-0.3, -0.25) is 9.59 Å². The van der Waals surface area contributed by atoms with Crippen LogP contribution in [-0.2, 0) is 17.8 Å². The van der Waals surface area contributed by atoms with Gasteiger partial charge < -0.3 is 15.1 Å². The summed E-state index contributed by atoms with van der Waals surface area (Å²) in [6.45, 7) is 8.66. The first-order valence-electron chi connectivity index (χ1n) is 11.5. The van der Waals surface area contributed by atoms with Gasteiger partial charge in [0.25, 0.3) is 5.91 Å². The molecule has 2 aromatic carbocycles. The van der Waals surface area contributed by atoms with Crippen molar-refractivity contribution in [3.8, 4) is 0 Å². The molecule has 2 amide bonds. The number of likely N-dealkylation sites (tertiary alicyclic amines) is 1. The molecule has 1 atom stereocenters. The second-order valence-corrected chi connectivity index (χ2v) is 9.12. The van der Waals surface area contributed by atoms with Crippen molar-refractivity contribution < 1.29 is 14.0 Å². The number of piperidine rings is 1. The van der Waals surface area contributed by atoms with Crippen molar-refractivity contribution in [1.29, 1.82) is 0 Å². The number of hydrogen-bond acceptors (Lipinski definition) is 3. The molecule has 5 nitrogen and oxygen atoms in total. The van der Waals surface area contributed by atoms with Crippen molar-refractivity contribution in [2.75, 3.05) is 32.7 Å². The van der Waals surface area contributed by atoms with Crippen LogP contribution in [0, 0.1) is 25.6 Å². The minimum atomic E-state index is -0.354. The molecule has 2 aromatic rings. The fourth-order valence-electron chi connectivity index (χ4n) is 4.79. The Morgan fingerprint density at radius 3 is 2.53 bits per heavy atom. The predicted molar refractivity (Wildman–Crippen MR) is 123 cm³/mol. The summed E-state index contributed by atoms with van der Waals surface area (Å²) in [4.78, 5) is 29.8. The Morgan fingerprint density at radius 1 is 1.06 bits per heavy atom. The summed E-state index contributed by atoms with van der Waals surface area (Å²) in [5, 5.41) is 2.90. The number of nitrogens with zero attached hydrogens (tertiary/aromatic N) is 2. The molecule has 1 fully saturated rings. The van der Waals surface area contributed by atoms with Gasteiger partial charge in [-0.05, 0) is 86.2 Å². The van der Waals surface area contributed by atoms with E-state index >= 15 is 0 Å². The van der Waals surface area contributed by atoms with Gasteiger partial charge in [-0.1, -0.05) is 12.1 Å². The van der Waals surface area contributed by atoms with E-state index in [1.54, 1.807) is 0 Å². The summed E-state index contributed by atoms with van der Waals surface area (Å²) < 4.78 is 13.0. The number of amides is 2. The predicted octanol–water partition coefficient (Wildman–Crippen LogP) is 3.47. The summed E-state index contributed by atoms with van der Waals surface area (Å²) >= 11 is 0. The van der Waals surface area contributed by atoms with Crippen molar-refractivity contribution in [1.82, 2.24) is 15.1 Å². The lowest BCUT2D eigenvalue weighted by Gasteiger charge is -2.37. The van der Waals surface area contributed by atoms with E-state index in [0.29, 0.717) is 25.2 Å². The molecule has 1 saturated heterocycles. The topological polar surface area (TPSA) is 52.7 Å². The maximum atomic E-state index is 13.3. The average Bonchev–Trinajstić information content (AvgIpc) is 2.79. The Bertz CT molecular complexity index is 989. The molecule has 6 heteroatoms.